The van der Waals surface area contributed by atoms with Gasteiger partial charge in [-0.1, -0.05) is 12.0 Å². The van der Waals surface area contributed by atoms with Crippen LogP contribution in [-0.2, 0) is 20.0 Å². The van der Waals surface area contributed by atoms with Crippen LogP contribution >= 0.6 is 35.3 Å². The average molecular weight is 474 g/mol. The molecule has 1 aromatic heterocycles. The molecule has 31 heavy (non-hydrogen) atoms. The molecule has 0 N–H and O–H groups in total. The van der Waals surface area contributed by atoms with Gasteiger partial charge in [0.25, 0.3) is 0 Å². The van der Waals surface area contributed by atoms with Crippen molar-refractivity contribution in [2.24, 2.45) is 0 Å². The first kappa shape index (κ1) is 23.9. The minimum Gasteiger partial charge on any atom is -0.493 e. The third-order valence-electron chi connectivity index (χ3n) is 5.13. The van der Waals surface area contributed by atoms with Crippen LogP contribution in [0.15, 0.2) is 35.4 Å². The van der Waals surface area contributed by atoms with Gasteiger partial charge in [0.05, 0.1) is 17.3 Å². The number of pyridine rings is 1. The summed E-state index contributed by atoms with van der Waals surface area (Å²) in [7, 11) is 0. The van der Waals surface area contributed by atoms with Gasteiger partial charge in [-0.15, -0.1) is 35.3 Å². The molecule has 0 saturated carbocycles. The number of fused-ring (bicyclic) bond motifs is 1. The molecule has 7 heteroatoms. The smallest absolute Gasteiger partial charge is 0.306 e. The topological polar surface area (TPSA) is 48.4 Å². The van der Waals surface area contributed by atoms with Crippen LogP contribution in [0.4, 0.5) is 0 Å². The van der Waals surface area contributed by atoms with Crippen molar-refractivity contribution in [3.8, 4) is 17.6 Å². The van der Waals surface area contributed by atoms with Gasteiger partial charge in [-0.25, -0.2) is 4.98 Å². The van der Waals surface area contributed by atoms with Gasteiger partial charge in [-0.05, 0) is 61.8 Å². The first-order valence-electron chi connectivity index (χ1n) is 10.1. The minimum absolute atomic E-state index is 0.000224. The van der Waals surface area contributed by atoms with Gasteiger partial charge in [-0.2, -0.15) is 0 Å². The van der Waals surface area contributed by atoms with Crippen molar-refractivity contribution in [3.63, 3.8) is 0 Å². The summed E-state index contributed by atoms with van der Waals surface area (Å²) >= 11 is 5.41. The zero-order valence-electron chi connectivity index (χ0n) is 18.3. The van der Waals surface area contributed by atoms with Gasteiger partial charge in [0, 0.05) is 35.1 Å². The SMILES string of the molecule is CCOC(=O)CCc1ccc(C#Cc2cc3c(cc2SC)OCCC3(SC)SC)nc1. The largest absolute Gasteiger partial charge is 0.493 e. The Morgan fingerprint density at radius 3 is 2.68 bits per heavy atom. The number of benzene rings is 1. The number of thioether (sulfide) groups is 3. The zero-order chi connectivity index (χ0) is 22.3. The Hall–Kier alpha value is -1.75. The van der Waals surface area contributed by atoms with Crippen LogP contribution in [-0.4, -0.2) is 42.9 Å². The fourth-order valence-corrected chi connectivity index (χ4v) is 5.99. The molecule has 0 amide bonds. The highest BCUT2D eigenvalue weighted by atomic mass is 32.2. The minimum atomic E-state index is -0.182. The third kappa shape index (κ3) is 5.74. The van der Waals surface area contributed by atoms with Crippen LogP contribution in [0.5, 0.6) is 5.75 Å². The Kier molecular flexibility index (Phi) is 8.65. The van der Waals surface area contributed by atoms with Crippen LogP contribution in [0.1, 0.15) is 42.1 Å². The molecule has 4 nitrogen and oxygen atoms in total. The predicted octanol–water partition coefficient (Wildman–Crippen LogP) is 5.36. The molecule has 0 bridgehead atoms. The molecule has 1 aliphatic heterocycles. The lowest BCUT2D eigenvalue weighted by Gasteiger charge is -2.36. The Bertz CT molecular complexity index is 976. The van der Waals surface area contributed by atoms with E-state index in [-0.39, 0.29) is 10.0 Å². The fraction of sp³-hybridized carbons (Fsp3) is 0.417. The van der Waals surface area contributed by atoms with E-state index in [1.165, 1.54) is 5.56 Å². The van der Waals surface area contributed by atoms with Gasteiger partial charge in [0.2, 0.25) is 0 Å². The summed E-state index contributed by atoms with van der Waals surface area (Å²) in [5.74, 6) is 7.30. The van der Waals surface area contributed by atoms with Crippen molar-refractivity contribution in [1.82, 2.24) is 4.98 Å². The standard InChI is InChI=1S/C24H27NO3S3/c1-5-27-23(26)11-7-17-6-9-19(25-16-17)10-8-18-14-20-21(15-22(18)29-2)28-13-12-24(20,30-3)31-4/h6,9,14-16H,5,7,11-13H2,1-4H3. The maximum atomic E-state index is 11.5. The summed E-state index contributed by atoms with van der Waals surface area (Å²) < 4.78 is 10.9. The fourth-order valence-electron chi connectivity index (χ4n) is 3.44. The maximum absolute atomic E-state index is 11.5. The monoisotopic (exact) mass is 473 g/mol. The third-order valence-corrected chi connectivity index (χ3v) is 9.08. The normalized spacial score (nSPS) is 14.1. The molecule has 0 aliphatic carbocycles. The lowest BCUT2D eigenvalue weighted by atomic mass is 10.0. The highest BCUT2D eigenvalue weighted by Crippen LogP contribution is 2.53. The van der Waals surface area contributed by atoms with Crippen LogP contribution in [0.2, 0.25) is 0 Å². The van der Waals surface area contributed by atoms with Crippen molar-refractivity contribution in [2.45, 2.75) is 35.2 Å². The molecule has 3 rings (SSSR count). The molecule has 0 unspecified atom stereocenters. The second kappa shape index (κ2) is 11.2. The maximum Gasteiger partial charge on any atom is 0.306 e. The molecule has 0 radical (unpaired) electrons. The number of ether oxygens (including phenoxy) is 2. The molecular formula is C24H27NO3S3. The number of aryl methyl sites for hydroxylation is 1. The molecular weight excluding hydrogens is 446 g/mol. The van der Waals surface area contributed by atoms with E-state index in [1.54, 1.807) is 18.0 Å². The Morgan fingerprint density at radius 1 is 1.23 bits per heavy atom. The van der Waals surface area contributed by atoms with Crippen molar-refractivity contribution in [3.05, 3.63) is 52.8 Å². The van der Waals surface area contributed by atoms with E-state index in [2.05, 4.69) is 47.7 Å². The second-order valence-electron chi connectivity index (χ2n) is 6.91. The number of carbonyl (C=O) groups is 1. The van der Waals surface area contributed by atoms with Gasteiger partial charge in [0.15, 0.2) is 0 Å². The van der Waals surface area contributed by atoms with E-state index in [1.807, 2.05) is 42.6 Å². The number of carbonyl (C=O) groups excluding carboxylic acids is 1. The first-order chi connectivity index (χ1) is 15.0. The molecule has 1 aliphatic rings. The lowest BCUT2D eigenvalue weighted by molar-refractivity contribution is -0.143. The molecule has 0 fully saturated rings. The Balaban J connectivity index is 1.83. The van der Waals surface area contributed by atoms with E-state index in [0.29, 0.717) is 25.1 Å². The number of nitrogens with zero attached hydrogens (tertiary/aromatic N) is 1. The van der Waals surface area contributed by atoms with E-state index >= 15 is 0 Å². The molecule has 1 aromatic carbocycles. The summed E-state index contributed by atoms with van der Waals surface area (Å²) in [6.45, 7) is 2.96. The van der Waals surface area contributed by atoms with Crippen molar-refractivity contribution in [1.29, 1.82) is 0 Å². The molecule has 0 atom stereocenters. The van der Waals surface area contributed by atoms with E-state index in [4.69, 9.17) is 9.47 Å². The Morgan fingerprint density at radius 2 is 2.03 bits per heavy atom. The number of esters is 1. The van der Waals surface area contributed by atoms with Gasteiger partial charge in [0.1, 0.15) is 11.4 Å². The van der Waals surface area contributed by atoms with E-state index in [9.17, 15) is 4.79 Å². The van der Waals surface area contributed by atoms with Crippen LogP contribution in [0.25, 0.3) is 0 Å². The van der Waals surface area contributed by atoms with Crippen LogP contribution in [0, 0.1) is 11.8 Å². The molecule has 164 valence electrons. The molecule has 2 aromatic rings. The molecule has 0 spiro atoms. The molecule has 0 saturated heterocycles. The number of hydrogen-bond donors (Lipinski definition) is 0. The lowest BCUT2D eigenvalue weighted by Crippen LogP contribution is -2.26. The predicted molar refractivity (Wildman–Crippen MR) is 132 cm³/mol. The number of hydrogen-bond acceptors (Lipinski definition) is 7. The number of rotatable bonds is 7. The van der Waals surface area contributed by atoms with Crippen molar-refractivity contribution in [2.75, 3.05) is 32.0 Å². The highest BCUT2D eigenvalue weighted by Gasteiger charge is 2.37. The zero-order valence-corrected chi connectivity index (χ0v) is 20.8. The second-order valence-corrected chi connectivity index (χ2v) is 10.2. The van der Waals surface area contributed by atoms with Crippen molar-refractivity contribution >= 4 is 41.3 Å². The summed E-state index contributed by atoms with van der Waals surface area (Å²) in [4.78, 5) is 17.1. The van der Waals surface area contributed by atoms with Crippen molar-refractivity contribution < 1.29 is 14.3 Å². The van der Waals surface area contributed by atoms with Gasteiger partial charge >= 0.3 is 5.97 Å². The van der Waals surface area contributed by atoms with Crippen LogP contribution in [0.3, 0.4) is 0 Å². The number of aromatic nitrogens is 1. The van der Waals surface area contributed by atoms with Gasteiger partial charge in [-0.3, -0.25) is 4.79 Å². The summed E-state index contributed by atoms with van der Waals surface area (Å²) in [6.07, 6.45) is 10.1. The highest BCUT2D eigenvalue weighted by molar-refractivity contribution is 8.16. The summed E-state index contributed by atoms with van der Waals surface area (Å²) in [5, 5.41) is 0. The molecule has 2 heterocycles. The van der Waals surface area contributed by atoms with E-state index < -0.39 is 0 Å². The average Bonchev–Trinajstić information content (AvgIpc) is 2.81. The first-order valence-corrected chi connectivity index (χ1v) is 13.8. The quantitative estimate of drug-likeness (QED) is 0.232. The summed E-state index contributed by atoms with van der Waals surface area (Å²) in [5.41, 5.74) is 3.92. The van der Waals surface area contributed by atoms with E-state index in [0.717, 1.165) is 34.8 Å². The Labute approximate surface area is 197 Å². The van der Waals surface area contributed by atoms with Gasteiger partial charge < -0.3 is 9.47 Å². The van der Waals surface area contributed by atoms with Crippen LogP contribution < -0.4 is 4.74 Å². The summed E-state index contributed by atoms with van der Waals surface area (Å²) in [6, 6.07) is 8.19.